The third kappa shape index (κ3) is 3.88. The van der Waals surface area contributed by atoms with Crippen molar-refractivity contribution in [2.75, 3.05) is 6.61 Å². The fourth-order valence-electron chi connectivity index (χ4n) is 2.95. The van der Waals surface area contributed by atoms with Crippen molar-refractivity contribution in [3.63, 3.8) is 0 Å². The number of benzene rings is 1. The zero-order chi connectivity index (χ0) is 16.4. The molecule has 2 atom stereocenters. The van der Waals surface area contributed by atoms with E-state index in [0.717, 1.165) is 31.4 Å². The molecule has 0 aliphatic heterocycles. The molecule has 1 saturated carbocycles. The molecule has 3 heteroatoms. The third-order valence-corrected chi connectivity index (χ3v) is 9.94. The normalized spacial score (nSPS) is 23.6. The average Bonchev–Trinajstić information content (AvgIpc) is 2.45. The number of carbonyl (C=O) groups excluding carboxylic acids is 1. The van der Waals surface area contributed by atoms with Crippen LogP contribution in [0.5, 0.6) is 0 Å². The summed E-state index contributed by atoms with van der Waals surface area (Å²) in [4.78, 5) is 12.5. The van der Waals surface area contributed by atoms with Crippen LogP contribution in [0.15, 0.2) is 30.3 Å². The zero-order valence-electron chi connectivity index (χ0n) is 14.7. The van der Waals surface area contributed by atoms with Crippen LogP contribution in [0, 0.1) is 5.92 Å². The highest BCUT2D eigenvalue weighted by Crippen LogP contribution is 2.40. The number of ketones is 1. The lowest BCUT2D eigenvalue weighted by molar-refractivity contribution is -0.124. The van der Waals surface area contributed by atoms with E-state index in [4.69, 9.17) is 4.43 Å². The number of rotatable bonds is 4. The van der Waals surface area contributed by atoms with Crippen molar-refractivity contribution < 1.29 is 9.22 Å². The lowest BCUT2D eigenvalue weighted by Gasteiger charge is -2.39. The number of Topliss-reactive ketones (excluding diaryl/α,β-unsaturated/α-hetero) is 1. The van der Waals surface area contributed by atoms with Gasteiger partial charge < -0.3 is 4.43 Å². The van der Waals surface area contributed by atoms with Crippen molar-refractivity contribution >= 4 is 14.1 Å². The molecular formula is C19H30O2Si. The summed E-state index contributed by atoms with van der Waals surface area (Å²) < 4.78 is 6.42. The van der Waals surface area contributed by atoms with Gasteiger partial charge in [0.1, 0.15) is 5.78 Å². The van der Waals surface area contributed by atoms with Crippen LogP contribution in [0.2, 0.25) is 18.1 Å². The summed E-state index contributed by atoms with van der Waals surface area (Å²) >= 11 is 0. The summed E-state index contributed by atoms with van der Waals surface area (Å²) in [6.45, 7) is 12.1. The minimum Gasteiger partial charge on any atom is -0.417 e. The Kier molecular flexibility index (Phi) is 5.28. The lowest BCUT2D eigenvalue weighted by Crippen LogP contribution is -2.43. The highest BCUT2D eigenvalue weighted by molar-refractivity contribution is 6.74. The fourth-order valence-corrected chi connectivity index (χ4v) is 4.02. The topological polar surface area (TPSA) is 26.3 Å². The number of carbonyl (C=O) groups is 1. The smallest absolute Gasteiger partial charge is 0.191 e. The molecule has 1 aromatic carbocycles. The molecule has 0 radical (unpaired) electrons. The summed E-state index contributed by atoms with van der Waals surface area (Å²) in [5.41, 5.74) is 1.16. The van der Waals surface area contributed by atoms with Crippen LogP contribution >= 0.6 is 0 Å². The predicted molar refractivity (Wildman–Crippen MR) is 94.7 cm³/mol. The van der Waals surface area contributed by atoms with Gasteiger partial charge in [0.15, 0.2) is 8.32 Å². The van der Waals surface area contributed by atoms with E-state index < -0.39 is 8.32 Å². The van der Waals surface area contributed by atoms with Crippen LogP contribution in [0.3, 0.4) is 0 Å². The lowest BCUT2D eigenvalue weighted by atomic mass is 9.75. The van der Waals surface area contributed by atoms with E-state index in [1.54, 1.807) is 0 Å². The summed E-state index contributed by atoms with van der Waals surface area (Å²) in [7, 11) is -1.75. The molecule has 1 aliphatic carbocycles. The first-order chi connectivity index (χ1) is 10.2. The van der Waals surface area contributed by atoms with E-state index >= 15 is 0 Å². The van der Waals surface area contributed by atoms with Gasteiger partial charge in [-0.15, -0.1) is 0 Å². The van der Waals surface area contributed by atoms with Crippen molar-refractivity contribution in [2.45, 2.75) is 64.1 Å². The van der Waals surface area contributed by atoms with Gasteiger partial charge in [0.05, 0.1) is 0 Å². The molecule has 22 heavy (non-hydrogen) atoms. The van der Waals surface area contributed by atoms with Crippen LogP contribution < -0.4 is 0 Å². The highest BCUT2D eigenvalue weighted by atomic mass is 28.4. The van der Waals surface area contributed by atoms with E-state index in [9.17, 15) is 4.79 Å². The first-order valence-corrected chi connectivity index (χ1v) is 11.3. The van der Waals surface area contributed by atoms with E-state index in [1.165, 1.54) is 0 Å². The maximum Gasteiger partial charge on any atom is 0.191 e. The Morgan fingerprint density at radius 3 is 2.41 bits per heavy atom. The Morgan fingerprint density at radius 1 is 1.18 bits per heavy atom. The predicted octanol–water partition coefficient (Wildman–Crippen LogP) is 5.16. The summed E-state index contributed by atoms with van der Waals surface area (Å²) in [5, 5.41) is 0.216. The van der Waals surface area contributed by atoms with E-state index in [2.05, 4.69) is 46.0 Å². The molecule has 0 amide bonds. The van der Waals surface area contributed by atoms with Gasteiger partial charge in [-0.2, -0.15) is 0 Å². The molecule has 2 nitrogen and oxygen atoms in total. The molecule has 0 N–H and O–H groups in total. The van der Waals surface area contributed by atoms with Gasteiger partial charge in [-0.1, -0.05) is 51.1 Å². The fraction of sp³-hybridized carbons (Fsp3) is 0.632. The molecule has 122 valence electrons. The summed E-state index contributed by atoms with van der Waals surface area (Å²) in [6.07, 6.45) is 2.82. The van der Waals surface area contributed by atoms with Gasteiger partial charge in [-0.3, -0.25) is 4.79 Å². The van der Waals surface area contributed by atoms with Crippen LogP contribution in [0.25, 0.3) is 0 Å². The number of hydrogen-bond donors (Lipinski definition) is 0. The molecule has 0 aromatic heterocycles. The Morgan fingerprint density at radius 2 is 1.82 bits per heavy atom. The van der Waals surface area contributed by atoms with Crippen molar-refractivity contribution in [1.29, 1.82) is 0 Å². The molecular weight excluding hydrogens is 288 g/mol. The molecule has 0 bridgehead atoms. The van der Waals surface area contributed by atoms with Crippen molar-refractivity contribution in [3.8, 4) is 0 Å². The van der Waals surface area contributed by atoms with Gasteiger partial charge in [-0.25, -0.2) is 0 Å². The van der Waals surface area contributed by atoms with Gasteiger partial charge in [0.2, 0.25) is 0 Å². The monoisotopic (exact) mass is 318 g/mol. The molecule has 2 rings (SSSR count). The molecule has 1 fully saturated rings. The van der Waals surface area contributed by atoms with Crippen LogP contribution in [-0.2, 0) is 9.22 Å². The van der Waals surface area contributed by atoms with E-state index in [-0.39, 0.29) is 11.0 Å². The van der Waals surface area contributed by atoms with Crippen molar-refractivity contribution in [3.05, 3.63) is 35.9 Å². The molecule has 0 spiro atoms. The first-order valence-electron chi connectivity index (χ1n) is 8.44. The van der Waals surface area contributed by atoms with Crippen LogP contribution in [-0.4, -0.2) is 20.7 Å². The Labute approximate surface area is 136 Å². The second-order valence-corrected chi connectivity index (χ2v) is 12.9. The Hall–Kier alpha value is -0.933. The molecule has 0 saturated heterocycles. The standard InChI is InChI=1S/C19H30O2Si/c1-19(2,3)22(4,5)21-14-16-12-9-13-17(20)18(16)15-10-7-6-8-11-15/h6-8,10-11,16,18H,9,12-14H2,1-5H3. The van der Waals surface area contributed by atoms with Crippen LogP contribution in [0.4, 0.5) is 0 Å². The second-order valence-electron chi connectivity index (χ2n) is 8.08. The highest BCUT2D eigenvalue weighted by Gasteiger charge is 2.40. The van der Waals surface area contributed by atoms with Crippen LogP contribution in [0.1, 0.15) is 51.5 Å². The molecule has 2 unspecified atom stereocenters. The van der Waals surface area contributed by atoms with E-state index in [0.29, 0.717) is 11.7 Å². The maximum atomic E-state index is 12.5. The van der Waals surface area contributed by atoms with Gasteiger partial charge in [-0.05, 0) is 42.5 Å². The Balaban J connectivity index is 2.12. The minimum atomic E-state index is -1.75. The number of hydrogen-bond acceptors (Lipinski definition) is 2. The van der Waals surface area contributed by atoms with Crippen molar-refractivity contribution in [1.82, 2.24) is 0 Å². The molecule has 1 aliphatic rings. The first kappa shape index (κ1) is 17.4. The summed E-state index contributed by atoms with van der Waals surface area (Å²) in [5.74, 6) is 0.749. The van der Waals surface area contributed by atoms with Gasteiger partial charge in [0, 0.05) is 18.9 Å². The third-order valence-electron chi connectivity index (χ3n) is 5.44. The largest absolute Gasteiger partial charge is 0.417 e. The Bertz CT molecular complexity index is 502. The molecule has 0 heterocycles. The SMILES string of the molecule is CC(C)(C)[Si](C)(C)OCC1CCCC(=O)C1c1ccccc1. The van der Waals surface area contributed by atoms with Gasteiger partial charge >= 0.3 is 0 Å². The van der Waals surface area contributed by atoms with Gasteiger partial charge in [0.25, 0.3) is 0 Å². The molecule has 1 aromatic rings. The maximum absolute atomic E-state index is 12.5. The zero-order valence-corrected chi connectivity index (χ0v) is 15.7. The quantitative estimate of drug-likeness (QED) is 0.717. The second kappa shape index (κ2) is 6.67. The van der Waals surface area contributed by atoms with Crippen molar-refractivity contribution in [2.24, 2.45) is 5.92 Å². The summed E-state index contributed by atoms with van der Waals surface area (Å²) in [6, 6.07) is 10.3. The minimum absolute atomic E-state index is 0.0275. The van der Waals surface area contributed by atoms with E-state index in [1.807, 2.05) is 18.2 Å². The average molecular weight is 319 g/mol.